The van der Waals surface area contributed by atoms with Crippen molar-refractivity contribution in [1.82, 2.24) is 0 Å². The van der Waals surface area contributed by atoms with Crippen molar-refractivity contribution in [1.29, 1.82) is 0 Å². The van der Waals surface area contributed by atoms with Gasteiger partial charge in [-0.15, -0.1) is 0 Å². The molecule has 3 rings (SSSR count). The van der Waals surface area contributed by atoms with Crippen molar-refractivity contribution < 1.29 is 17.9 Å². The van der Waals surface area contributed by atoms with E-state index >= 15 is 0 Å². The highest BCUT2D eigenvalue weighted by Crippen LogP contribution is 2.28. The molecular weight excluding hydrogens is 412 g/mol. The number of sulfonamides is 1. The molecule has 0 aliphatic rings. The molecule has 0 unspecified atom stereocenters. The van der Waals surface area contributed by atoms with Crippen molar-refractivity contribution in [3.05, 3.63) is 90.5 Å². The van der Waals surface area contributed by atoms with Crippen molar-refractivity contribution >= 4 is 27.5 Å². The van der Waals surface area contributed by atoms with E-state index in [0.29, 0.717) is 11.4 Å². The Hall–Kier alpha value is -3.32. The number of rotatable bonds is 6. The fraction of sp³-hybridized carbons (Fsp3) is 0.208. The zero-order valence-electron chi connectivity index (χ0n) is 17.8. The number of nitrogens with one attached hydrogen (secondary N) is 1. The van der Waals surface area contributed by atoms with Crippen molar-refractivity contribution in [2.75, 3.05) is 9.62 Å². The van der Waals surface area contributed by atoms with Crippen LogP contribution in [0.15, 0.2) is 89.8 Å². The second-order valence-electron chi connectivity index (χ2n) is 7.99. The van der Waals surface area contributed by atoms with Gasteiger partial charge in [0.1, 0.15) is 5.60 Å². The summed E-state index contributed by atoms with van der Waals surface area (Å²) >= 11 is 0. The maximum absolute atomic E-state index is 13.5. The first-order valence-corrected chi connectivity index (χ1v) is 11.3. The van der Waals surface area contributed by atoms with E-state index < -0.39 is 21.7 Å². The molecule has 0 heterocycles. The van der Waals surface area contributed by atoms with Crippen LogP contribution in [0, 0.1) is 0 Å². The summed E-state index contributed by atoms with van der Waals surface area (Å²) in [6, 6.07) is 24.3. The van der Waals surface area contributed by atoms with Crippen LogP contribution in [-0.2, 0) is 21.3 Å². The minimum Gasteiger partial charge on any atom is -0.444 e. The highest BCUT2D eigenvalue weighted by atomic mass is 32.2. The Kier molecular flexibility index (Phi) is 6.65. The third kappa shape index (κ3) is 6.08. The molecule has 0 aromatic heterocycles. The average molecular weight is 439 g/mol. The number of benzene rings is 3. The van der Waals surface area contributed by atoms with E-state index in [1.54, 1.807) is 75.4 Å². The number of amides is 1. The first-order valence-electron chi connectivity index (χ1n) is 9.87. The van der Waals surface area contributed by atoms with Crippen LogP contribution in [0.4, 0.5) is 16.2 Å². The summed E-state index contributed by atoms with van der Waals surface area (Å²) in [5.41, 5.74) is 1.07. The summed E-state index contributed by atoms with van der Waals surface area (Å²) in [6.45, 7) is 5.47. The quantitative estimate of drug-likeness (QED) is 0.557. The fourth-order valence-electron chi connectivity index (χ4n) is 2.94. The Balaban J connectivity index is 1.97. The van der Waals surface area contributed by atoms with Gasteiger partial charge in [0.25, 0.3) is 10.0 Å². The second-order valence-corrected chi connectivity index (χ2v) is 9.85. The Bertz CT molecular complexity index is 1130. The number of anilines is 2. The van der Waals surface area contributed by atoms with Crippen LogP contribution < -0.4 is 9.62 Å². The molecule has 0 radical (unpaired) electrons. The summed E-state index contributed by atoms with van der Waals surface area (Å²) in [7, 11) is -3.84. The average Bonchev–Trinajstić information content (AvgIpc) is 2.72. The van der Waals surface area contributed by atoms with Gasteiger partial charge in [-0.1, -0.05) is 54.6 Å². The van der Waals surface area contributed by atoms with Gasteiger partial charge in [-0.05, 0) is 56.7 Å². The zero-order chi connectivity index (χ0) is 22.5. The number of hydrogen-bond acceptors (Lipinski definition) is 4. The van der Waals surface area contributed by atoms with Crippen LogP contribution in [-0.4, -0.2) is 20.1 Å². The lowest BCUT2D eigenvalue weighted by Gasteiger charge is -2.25. The smallest absolute Gasteiger partial charge is 0.412 e. The number of carbonyl (C=O) groups is 1. The van der Waals surface area contributed by atoms with Crippen LogP contribution in [0.3, 0.4) is 0 Å². The highest BCUT2D eigenvalue weighted by molar-refractivity contribution is 7.92. The maximum atomic E-state index is 13.5. The van der Waals surface area contributed by atoms with Crippen molar-refractivity contribution in [3.63, 3.8) is 0 Å². The Morgan fingerprint density at radius 2 is 1.52 bits per heavy atom. The second kappa shape index (κ2) is 9.22. The standard InChI is InChI=1S/C24H26N2O4S/c1-24(2,3)30-23(27)25-20-13-10-14-21(17-20)26(18-19-11-6-4-7-12-19)31(28,29)22-15-8-5-9-16-22/h4-17H,18H2,1-3H3,(H,25,27). The lowest BCUT2D eigenvalue weighted by molar-refractivity contribution is 0.0636. The predicted molar refractivity (Wildman–Crippen MR) is 123 cm³/mol. The molecule has 0 atom stereocenters. The first-order chi connectivity index (χ1) is 14.6. The van der Waals surface area contributed by atoms with Crippen LogP contribution >= 0.6 is 0 Å². The predicted octanol–water partition coefficient (Wildman–Crippen LogP) is 5.43. The monoisotopic (exact) mass is 438 g/mol. The van der Waals surface area contributed by atoms with Crippen molar-refractivity contribution in [2.24, 2.45) is 0 Å². The fourth-order valence-corrected chi connectivity index (χ4v) is 4.41. The molecule has 0 aliphatic heterocycles. The van der Waals surface area contributed by atoms with E-state index in [2.05, 4.69) is 5.32 Å². The molecule has 31 heavy (non-hydrogen) atoms. The van der Waals surface area contributed by atoms with Crippen LogP contribution in [0.2, 0.25) is 0 Å². The minimum atomic E-state index is -3.84. The lowest BCUT2D eigenvalue weighted by atomic mass is 10.2. The third-order valence-electron chi connectivity index (χ3n) is 4.28. The number of carbonyl (C=O) groups excluding carboxylic acids is 1. The number of hydrogen-bond donors (Lipinski definition) is 1. The topological polar surface area (TPSA) is 75.7 Å². The molecule has 7 heteroatoms. The van der Waals surface area contributed by atoms with E-state index in [-0.39, 0.29) is 11.4 Å². The Morgan fingerprint density at radius 3 is 2.13 bits per heavy atom. The molecule has 0 saturated heterocycles. The SMILES string of the molecule is CC(C)(C)OC(=O)Nc1cccc(N(Cc2ccccc2)S(=O)(=O)c2ccccc2)c1. The molecule has 0 saturated carbocycles. The molecule has 0 aliphatic carbocycles. The van der Waals surface area contributed by atoms with Gasteiger partial charge >= 0.3 is 6.09 Å². The van der Waals surface area contributed by atoms with Crippen molar-refractivity contribution in [2.45, 2.75) is 37.8 Å². The number of ether oxygens (including phenoxy) is 1. The van der Waals surface area contributed by atoms with E-state index in [4.69, 9.17) is 4.74 Å². The van der Waals surface area contributed by atoms with Gasteiger partial charge in [0.05, 0.1) is 17.1 Å². The molecule has 3 aromatic rings. The van der Waals surface area contributed by atoms with Gasteiger partial charge in [-0.2, -0.15) is 0 Å². The minimum absolute atomic E-state index is 0.147. The Labute approximate surface area is 183 Å². The van der Waals surface area contributed by atoms with Gasteiger partial charge < -0.3 is 4.74 Å². The summed E-state index contributed by atoms with van der Waals surface area (Å²) in [6.07, 6.45) is -0.606. The van der Waals surface area contributed by atoms with Crippen LogP contribution in [0.5, 0.6) is 0 Å². The van der Waals surface area contributed by atoms with Crippen molar-refractivity contribution in [3.8, 4) is 0 Å². The molecule has 1 amide bonds. The number of nitrogens with zero attached hydrogens (tertiary/aromatic N) is 1. The van der Waals surface area contributed by atoms with Gasteiger partial charge in [0, 0.05) is 5.69 Å². The van der Waals surface area contributed by atoms with Gasteiger partial charge in [0.15, 0.2) is 0 Å². The molecule has 3 aromatic carbocycles. The first kappa shape index (κ1) is 22.4. The van der Waals surface area contributed by atoms with E-state index in [0.717, 1.165) is 5.56 Å². The van der Waals surface area contributed by atoms with Gasteiger partial charge in [-0.3, -0.25) is 9.62 Å². The van der Waals surface area contributed by atoms with Crippen LogP contribution in [0.25, 0.3) is 0 Å². The third-order valence-corrected chi connectivity index (χ3v) is 6.07. The normalized spacial score (nSPS) is 11.6. The molecule has 162 valence electrons. The molecule has 0 spiro atoms. The van der Waals surface area contributed by atoms with Gasteiger partial charge in [0.2, 0.25) is 0 Å². The largest absolute Gasteiger partial charge is 0.444 e. The molecule has 0 bridgehead atoms. The summed E-state index contributed by atoms with van der Waals surface area (Å²) in [4.78, 5) is 12.3. The zero-order valence-corrected chi connectivity index (χ0v) is 18.6. The highest BCUT2D eigenvalue weighted by Gasteiger charge is 2.25. The van der Waals surface area contributed by atoms with Crippen LogP contribution in [0.1, 0.15) is 26.3 Å². The Morgan fingerprint density at radius 1 is 0.903 bits per heavy atom. The summed E-state index contributed by atoms with van der Waals surface area (Å²) < 4.78 is 33.6. The van der Waals surface area contributed by atoms with Gasteiger partial charge in [-0.25, -0.2) is 13.2 Å². The molecule has 6 nitrogen and oxygen atoms in total. The molecule has 0 fully saturated rings. The lowest BCUT2D eigenvalue weighted by Crippen LogP contribution is -2.31. The molecule has 1 N–H and O–H groups in total. The van der Waals surface area contributed by atoms with E-state index in [9.17, 15) is 13.2 Å². The summed E-state index contributed by atoms with van der Waals surface area (Å²) in [5.74, 6) is 0. The summed E-state index contributed by atoms with van der Waals surface area (Å²) in [5, 5.41) is 2.67. The van der Waals surface area contributed by atoms with E-state index in [1.165, 1.54) is 4.31 Å². The maximum Gasteiger partial charge on any atom is 0.412 e. The molecular formula is C24H26N2O4S. The van der Waals surface area contributed by atoms with E-state index in [1.807, 2.05) is 30.3 Å².